The molecule has 0 bridgehead atoms. The first-order valence-corrected chi connectivity index (χ1v) is 8.91. The van der Waals surface area contributed by atoms with Gasteiger partial charge in [0.15, 0.2) is 0 Å². The van der Waals surface area contributed by atoms with Crippen LogP contribution in [0.2, 0.25) is 6.04 Å². The van der Waals surface area contributed by atoms with Crippen LogP contribution in [0, 0.1) is 0 Å². The monoisotopic (exact) mass is 278 g/mol. The van der Waals surface area contributed by atoms with Crippen molar-refractivity contribution in [3.63, 3.8) is 0 Å². The molecule has 110 valence electrons. The lowest BCUT2D eigenvalue weighted by molar-refractivity contribution is 0.114. The molecular formula is C13H30O4Si. The molecule has 0 amide bonds. The highest BCUT2D eigenvalue weighted by Crippen LogP contribution is 2.16. The maximum absolute atomic E-state index is 5.59. The van der Waals surface area contributed by atoms with E-state index < -0.39 is 8.80 Å². The average Bonchev–Trinajstić information content (AvgIpc) is 2.42. The van der Waals surface area contributed by atoms with Gasteiger partial charge in [0.05, 0.1) is 0 Å². The molecule has 0 aromatic heterocycles. The van der Waals surface area contributed by atoms with Crippen molar-refractivity contribution in [2.75, 3.05) is 34.5 Å². The van der Waals surface area contributed by atoms with E-state index >= 15 is 0 Å². The number of unbranched alkanes of at least 4 members (excludes halogenated alkanes) is 4. The molecule has 0 heterocycles. The Balaban J connectivity index is 3.38. The molecule has 0 radical (unpaired) electrons. The van der Waals surface area contributed by atoms with Crippen LogP contribution < -0.4 is 0 Å². The molecule has 0 saturated carbocycles. The highest BCUT2D eigenvalue weighted by molar-refractivity contribution is 6.60. The third kappa shape index (κ3) is 8.21. The van der Waals surface area contributed by atoms with Gasteiger partial charge in [0.1, 0.15) is 0 Å². The van der Waals surface area contributed by atoms with Gasteiger partial charge in [-0.3, -0.25) is 0 Å². The molecule has 0 aromatic carbocycles. The van der Waals surface area contributed by atoms with Crippen molar-refractivity contribution in [3.8, 4) is 0 Å². The van der Waals surface area contributed by atoms with E-state index in [0.717, 1.165) is 32.1 Å². The van der Waals surface area contributed by atoms with Crippen LogP contribution in [0.3, 0.4) is 0 Å². The molecule has 0 aliphatic heterocycles. The third-order valence-corrected chi connectivity index (χ3v) is 5.93. The second-order valence-electron chi connectivity index (χ2n) is 4.43. The summed E-state index contributed by atoms with van der Waals surface area (Å²) in [5, 5.41) is 0. The summed E-state index contributed by atoms with van der Waals surface area (Å²) in [7, 11) is 2.61. The molecule has 0 unspecified atom stereocenters. The maximum atomic E-state index is 5.59. The first-order valence-electron chi connectivity index (χ1n) is 6.98. The number of hydrogen-bond donors (Lipinski definition) is 0. The molecule has 0 aliphatic carbocycles. The Morgan fingerprint density at radius 1 is 0.722 bits per heavy atom. The average molecular weight is 278 g/mol. The van der Waals surface area contributed by atoms with Gasteiger partial charge in [-0.2, -0.15) is 0 Å². The first-order chi connectivity index (χ1) is 8.74. The zero-order chi connectivity index (χ0) is 13.7. The summed E-state index contributed by atoms with van der Waals surface area (Å²) in [5.74, 6) is 0. The normalized spacial score (nSPS) is 12.0. The van der Waals surface area contributed by atoms with Gasteiger partial charge in [-0.15, -0.1) is 0 Å². The predicted octanol–water partition coefficient (Wildman–Crippen LogP) is 3.24. The van der Waals surface area contributed by atoms with Crippen molar-refractivity contribution in [1.29, 1.82) is 0 Å². The topological polar surface area (TPSA) is 36.9 Å². The minimum absolute atomic E-state index is 0.827. The Morgan fingerprint density at radius 3 is 1.78 bits per heavy atom. The van der Waals surface area contributed by atoms with Crippen LogP contribution in [0.15, 0.2) is 0 Å². The lowest BCUT2D eigenvalue weighted by atomic mass is 10.2. The van der Waals surface area contributed by atoms with Crippen molar-refractivity contribution in [3.05, 3.63) is 0 Å². The van der Waals surface area contributed by atoms with Crippen LogP contribution in [-0.4, -0.2) is 43.3 Å². The lowest BCUT2D eigenvalue weighted by Crippen LogP contribution is -2.42. The van der Waals surface area contributed by atoms with Crippen LogP contribution in [0.4, 0.5) is 0 Å². The van der Waals surface area contributed by atoms with Crippen LogP contribution in [0.1, 0.15) is 45.4 Å². The van der Waals surface area contributed by atoms with Gasteiger partial charge in [0.25, 0.3) is 0 Å². The Bertz CT molecular complexity index is 166. The lowest BCUT2D eigenvalue weighted by Gasteiger charge is -2.24. The first kappa shape index (κ1) is 18.1. The molecular weight excluding hydrogens is 248 g/mol. The third-order valence-electron chi connectivity index (χ3n) is 3.10. The zero-order valence-corrected chi connectivity index (χ0v) is 13.5. The van der Waals surface area contributed by atoms with E-state index in [0.29, 0.717) is 0 Å². The van der Waals surface area contributed by atoms with Crippen molar-refractivity contribution in [2.45, 2.75) is 51.5 Å². The van der Waals surface area contributed by atoms with Gasteiger partial charge in [-0.05, 0) is 19.3 Å². The summed E-state index contributed by atoms with van der Waals surface area (Å²) in [6.45, 7) is 3.94. The summed E-state index contributed by atoms with van der Waals surface area (Å²) >= 11 is 0. The van der Waals surface area contributed by atoms with Crippen LogP contribution in [-0.2, 0) is 18.0 Å². The Kier molecular flexibility index (Phi) is 12.1. The van der Waals surface area contributed by atoms with E-state index in [1.54, 1.807) is 21.3 Å². The molecule has 0 saturated heterocycles. The van der Waals surface area contributed by atoms with Gasteiger partial charge in [-0.1, -0.05) is 26.2 Å². The van der Waals surface area contributed by atoms with Crippen molar-refractivity contribution >= 4 is 8.80 Å². The summed E-state index contributed by atoms with van der Waals surface area (Å²) in [6.07, 6.45) is 7.12. The Labute approximate surface area is 113 Å². The molecule has 0 aliphatic rings. The van der Waals surface area contributed by atoms with Crippen molar-refractivity contribution in [1.82, 2.24) is 0 Å². The van der Waals surface area contributed by atoms with E-state index in [9.17, 15) is 0 Å². The van der Waals surface area contributed by atoms with E-state index in [1.807, 2.05) is 0 Å². The minimum atomic E-state index is -2.36. The van der Waals surface area contributed by atoms with Crippen LogP contribution in [0.5, 0.6) is 0 Å². The maximum Gasteiger partial charge on any atom is 0.500 e. The highest BCUT2D eigenvalue weighted by atomic mass is 28.4. The van der Waals surface area contributed by atoms with Crippen molar-refractivity contribution in [2.24, 2.45) is 0 Å². The zero-order valence-electron chi connectivity index (χ0n) is 12.5. The molecule has 0 spiro atoms. The van der Waals surface area contributed by atoms with E-state index in [2.05, 4.69) is 6.92 Å². The summed E-state index contributed by atoms with van der Waals surface area (Å²) in [4.78, 5) is 0. The quantitative estimate of drug-likeness (QED) is 0.383. The fraction of sp³-hybridized carbons (Fsp3) is 1.00. The molecule has 18 heavy (non-hydrogen) atoms. The van der Waals surface area contributed by atoms with Crippen LogP contribution in [0.25, 0.3) is 0 Å². The highest BCUT2D eigenvalue weighted by Gasteiger charge is 2.36. The molecule has 0 aromatic rings. The molecule has 0 rings (SSSR count). The van der Waals surface area contributed by atoms with E-state index in [4.69, 9.17) is 18.0 Å². The number of rotatable bonds is 13. The fourth-order valence-electron chi connectivity index (χ4n) is 1.83. The second-order valence-corrected chi connectivity index (χ2v) is 7.52. The van der Waals surface area contributed by atoms with Gasteiger partial charge in [-0.25, -0.2) is 0 Å². The SMILES string of the molecule is CCCCCCOCCCC[Si](OC)(OC)OC. The van der Waals surface area contributed by atoms with Gasteiger partial charge in [0.2, 0.25) is 0 Å². The molecule has 0 atom stereocenters. The molecule has 0 fully saturated rings. The minimum Gasteiger partial charge on any atom is -0.381 e. The van der Waals surface area contributed by atoms with Gasteiger partial charge in [0, 0.05) is 40.6 Å². The summed E-state index contributed by atoms with van der Waals surface area (Å²) in [6, 6.07) is 0.857. The van der Waals surface area contributed by atoms with E-state index in [-0.39, 0.29) is 0 Å². The molecule has 4 nitrogen and oxygen atoms in total. The van der Waals surface area contributed by atoms with Crippen molar-refractivity contribution < 1.29 is 18.0 Å². The second kappa shape index (κ2) is 12.1. The smallest absolute Gasteiger partial charge is 0.381 e. The van der Waals surface area contributed by atoms with E-state index in [1.165, 1.54) is 25.7 Å². The van der Waals surface area contributed by atoms with Crippen LogP contribution >= 0.6 is 0 Å². The predicted molar refractivity (Wildman–Crippen MR) is 75.8 cm³/mol. The standard InChI is InChI=1S/C13H30O4Si/c1-5-6-7-8-11-17-12-9-10-13-18(14-2,15-3)16-4/h5-13H2,1-4H3. The fourth-order valence-corrected chi connectivity index (χ4v) is 3.63. The summed E-state index contributed by atoms with van der Waals surface area (Å²) in [5.41, 5.74) is 0. The van der Waals surface area contributed by atoms with Gasteiger partial charge >= 0.3 is 8.80 Å². The number of hydrogen-bond acceptors (Lipinski definition) is 4. The Hall–Kier alpha value is 0.0569. The summed E-state index contributed by atoms with van der Waals surface area (Å²) < 4.78 is 21.7. The molecule has 5 heteroatoms. The number of ether oxygens (including phenoxy) is 1. The largest absolute Gasteiger partial charge is 0.500 e. The van der Waals surface area contributed by atoms with Gasteiger partial charge < -0.3 is 18.0 Å². The Morgan fingerprint density at radius 2 is 1.28 bits per heavy atom. The molecule has 0 N–H and O–H groups in total.